The van der Waals surface area contributed by atoms with Gasteiger partial charge in [-0.05, 0) is 17.2 Å². The molecule has 25 heavy (non-hydrogen) atoms. The summed E-state index contributed by atoms with van der Waals surface area (Å²) in [7, 11) is 0. The van der Waals surface area contributed by atoms with Gasteiger partial charge in [0, 0.05) is 18.9 Å². The van der Waals surface area contributed by atoms with Crippen molar-refractivity contribution in [1.29, 1.82) is 0 Å². The lowest BCUT2D eigenvalue weighted by Gasteiger charge is -2.21. The van der Waals surface area contributed by atoms with E-state index in [2.05, 4.69) is 4.98 Å². The SMILES string of the molecule is O=C(OCc1ccccc1)N1C[C@H](c2cccnc2)[C@@](F)(C(=O)O)C1. The number of carboxylic acids is 1. The Morgan fingerprint density at radius 2 is 2.04 bits per heavy atom. The van der Waals surface area contributed by atoms with Crippen LogP contribution in [0.3, 0.4) is 0 Å². The van der Waals surface area contributed by atoms with Gasteiger partial charge in [0.2, 0.25) is 5.67 Å². The lowest BCUT2D eigenvalue weighted by atomic mass is 9.87. The van der Waals surface area contributed by atoms with Gasteiger partial charge >= 0.3 is 12.1 Å². The molecule has 130 valence electrons. The number of carboxylic acid groups (broad SMARTS) is 1. The molecule has 6 nitrogen and oxygen atoms in total. The Balaban J connectivity index is 1.73. The van der Waals surface area contributed by atoms with Gasteiger partial charge in [-0.15, -0.1) is 0 Å². The summed E-state index contributed by atoms with van der Waals surface area (Å²) in [5.74, 6) is -2.59. The number of ether oxygens (including phenoxy) is 1. The van der Waals surface area contributed by atoms with Crippen LogP contribution in [0, 0.1) is 0 Å². The Labute approximate surface area is 143 Å². The van der Waals surface area contributed by atoms with Crippen LogP contribution in [0.1, 0.15) is 17.0 Å². The summed E-state index contributed by atoms with van der Waals surface area (Å²) >= 11 is 0. The van der Waals surface area contributed by atoms with Gasteiger partial charge in [-0.1, -0.05) is 36.4 Å². The highest BCUT2D eigenvalue weighted by Crippen LogP contribution is 2.39. The van der Waals surface area contributed by atoms with E-state index in [1.807, 2.05) is 18.2 Å². The lowest BCUT2D eigenvalue weighted by molar-refractivity contribution is -0.150. The van der Waals surface area contributed by atoms with E-state index in [0.29, 0.717) is 5.56 Å². The summed E-state index contributed by atoms with van der Waals surface area (Å²) in [5.41, 5.74) is -1.34. The molecular weight excluding hydrogens is 327 g/mol. The molecule has 2 atom stereocenters. The van der Waals surface area contributed by atoms with Crippen LogP contribution in [0.5, 0.6) is 0 Å². The van der Waals surface area contributed by atoms with Crippen molar-refractivity contribution in [2.24, 2.45) is 0 Å². The number of hydrogen-bond acceptors (Lipinski definition) is 4. The third kappa shape index (κ3) is 3.45. The van der Waals surface area contributed by atoms with E-state index in [0.717, 1.165) is 10.5 Å². The van der Waals surface area contributed by atoms with Gasteiger partial charge in [-0.3, -0.25) is 4.98 Å². The lowest BCUT2D eigenvalue weighted by Crippen LogP contribution is -2.41. The van der Waals surface area contributed by atoms with E-state index in [4.69, 9.17) is 4.74 Å². The highest BCUT2D eigenvalue weighted by atomic mass is 19.1. The largest absolute Gasteiger partial charge is 0.479 e. The van der Waals surface area contributed by atoms with E-state index in [-0.39, 0.29) is 13.2 Å². The number of halogens is 1. The zero-order valence-corrected chi connectivity index (χ0v) is 13.3. The first-order chi connectivity index (χ1) is 12.0. The van der Waals surface area contributed by atoms with Gasteiger partial charge in [0.15, 0.2) is 0 Å². The van der Waals surface area contributed by atoms with Crippen LogP contribution in [0.25, 0.3) is 0 Å². The first-order valence-corrected chi connectivity index (χ1v) is 7.78. The second-order valence-corrected chi connectivity index (χ2v) is 5.93. The Morgan fingerprint density at radius 1 is 1.28 bits per heavy atom. The minimum atomic E-state index is -2.57. The minimum absolute atomic E-state index is 0.0418. The molecule has 0 radical (unpaired) electrons. The molecular formula is C18H17FN2O4. The smallest absolute Gasteiger partial charge is 0.410 e. The Hall–Kier alpha value is -2.96. The van der Waals surface area contributed by atoms with E-state index in [9.17, 15) is 14.7 Å². The van der Waals surface area contributed by atoms with Crippen molar-refractivity contribution < 1.29 is 23.8 Å². The highest BCUT2D eigenvalue weighted by Gasteiger charge is 2.55. The molecule has 2 aromatic rings. The second-order valence-electron chi connectivity index (χ2n) is 5.93. The van der Waals surface area contributed by atoms with Crippen molar-refractivity contribution in [2.75, 3.05) is 13.1 Å². The number of aliphatic carboxylic acids is 1. The number of likely N-dealkylation sites (tertiary alicyclic amines) is 1. The standard InChI is InChI=1S/C18H17FN2O4/c19-18(16(22)23)12-21(10-15(18)14-7-4-8-20-9-14)17(24)25-11-13-5-2-1-3-6-13/h1-9,15H,10-12H2,(H,22,23)/t15-,18-/m1/s1. The van der Waals surface area contributed by atoms with Crippen LogP contribution in [0.2, 0.25) is 0 Å². The minimum Gasteiger partial charge on any atom is -0.479 e. The quantitative estimate of drug-likeness (QED) is 0.922. The maximum absolute atomic E-state index is 15.1. The van der Waals surface area contributed by atoms with Gasteiger partial charge in [0.1, 0.15) is 6.61 Å². The zero-order valence-electron chi connectivity index (χ0n) is 13.3. The number of nitrogens with zero attached hydrogens (tertiary/aromatic N) is 2. The normalized spacial score (nSPS) is 22.6. The van der Waals surface area contributed by atoms with Crippen LogP contribution < -0.4 is 0 Å². The average molecular weight is 344 g/mol. The third-order valence-corrected chi connectivity index (χ3v) is 4.28. The first kappa shape index (κ1) is 16.9. The van der Waals surface area contributed by atoms with Crippen LogP contribution in [-0.4, -0.2) is 45.8 Å². The maximum atomic E-state index is 15.1. The molecule has 1 aromatic carbocycles. The monoisotopic (exact) mass is 344 g/mol. The molecule has 7 heteroatoms. The van der Waals surface area contributed by atoms with E-state index in [1.54, 1.807) is 24.3 Å². The van der Waals surface area contributed by atoms with Crippen molar-refractivity contribution in [3.05, 3.63) is 66.0 Å². The number of aromatic nitrogens is 1. The van der Waals surface area contributed by atoms with Gasteiger partial charge in [0.05, 0.1) is 12.5 Å². The number of rotatable bonds is 4. The molecule has 0 unspecified atom stereocenters. The second kappa shape index (κ2) is 6.88. The molecule has 1 saturated heterocycles. The van der Waals surface area contributed by atoms with Crippen molar-refractivity contribution in [2.45, 2.75) is 18.2 Å². The van der Waals surface area contributed by atoms with E-state index in [1.165, 1.54) is 12.4 Å². The molecule has 1 fully saturated rings. The van der Waals surface area contributed by atoms with Gasteiger partial charge in [-0.25, -0.2) is 14.0 Å². The Bertz CT molecular complexity index is 756. The number of hydrogen-bond donors (Lipinski definition) is 1. The van der Waals surface area contributed by atoms with Gasteiger partial charge in [-0.2, -0.15) is 0 Å². The molecule has 1 aliphatic rings. The number of carbonyl (C=O) groups is 2. The average Bonchev–Trinajstić information content (AvgIpc) is 3.00. The molecule has 1 amide bonds. The predicted octanol–water partition coefficient (Wildman–Crippen LogP) is 2.61. The Kier molecular flexibility index (Phi) is 4.65. The maximum Gasteiger partial charge on any atom is 0.410 e. The molecule has 1 N–H and O–H groups in total. The molecule has 0 spiro atoms. The summed E-state index contributed by atoms with van der Waals surface area (Å²) in [6.07, 6.45) is 2.20. The van der Waals surface area contributed by atoms with Gasteiger partial charge < -0.3 is 14.7 Å². The molecule has 2 heterocycles. The number of amides is 1. The molecule has 0 saturated carbocycles. The van der Waals surface area contributed by atoms with E-state index < -0.39 is 30.2 Å². The van der Waals surface area contributed by atoms with Gasteiger partial charge in [0.25, 0.3) is 0 Å². The van der Waals surface area contributed by atoms with Crippen molar-refractivity contribution >= 4 is 12.1 Å². The molecule has 0 bridgehead atoms. The van der Waals surface area contributed by atoms with Crippen molar-refractivity contribution in [1.82, 2.24) is 9.88 Å². The van der Waals surface area contributed by atoms with E-state index >= 15 is 4.39 Å². The third-order valence-electron chi connectivity index (χ3n) is 4.28. The number of pyridine rings is 1. The molecule has 0 aliphatic carbocycles. The van der Waals surface area contributed by atoms with Crippen LogP contribution >= 0.6 is 0 Å². The summed E-state index contributed by atoms with van der Waals surface area (Å²) in [4.78, 5) is 28.7. The summed E-state index contributed by atoms with van der Waals surface area (Å²) in [5, 5.41) is 9.34. The fourth-order valence-electron chi connectivity index (χ4n) is 2.94. The summed E-state index contributed by atoms with van der Waals surface area (Å²) in [6.45, 7) is -0.599. The van der Waals surface area contributed by atoms with Crippen LogP contribution in [-0.2, 0) is 16.1 Å². The van der Waals surface area contributed by atoms with Crippen LogP contribution in [0.4, 0.5) is 9.18 Å². The first-order valence-electron chi connectivity index (χ1n) is 7.78. The fourth-order valence-corrected chi connectivity index (χ4v) is 2.94. The molecule has 1 aliphatic heterocycles. The van der Waals surface area contributed by atoms with Crippen LogP contribution in [0.15, 0.2) is 54.9 Å². The molecule has 1 aromatic heterocycles. The predicted molar refractivity (Wildman–Crippen MR) is 86.7 cm³/mol. The number of benzene rings is 1. The zero-order chi connectivity index (χ0) is 17.9. The topological polar surface area (TPSA) is 79.7 Å². The Morgan fingerprint density at radius 3 is 2.68 bits per heavy atom. The van der Waals surface area contributed by atoms with Crippen molar-refractivity contribution in [3.63, 3.8) is 0 Å². The molecule has 3 rings (SSSR count). The summed E-state index contributed by atoms with van der Waals surface area (Å²) in [6, 6.07) is 12.3. The highest BCUT2D eigenvalue weighted by molar-refractivity contribution is 5.82. The summed E-state index contributed by atoms with van der Waals surface area (Å²) < 4.78 is 20.3. The van der Waals surface area contributed by atoms with Crippen molar-refractivity contribution in [3.8, 4) is 0 Å². The number of alkyl halides is 1. The fraction of sp³-hybridized carbons (Fsp3) is 0.278. The number of carbonyl (C=O) groups excluding carboxylic acids is 1.